The van der Waals surface area contributed by atoms with Gasteiger partial charge in [-0.05, 0) is 36.1 Å². The molecular formula is C28H35F2N5O4. The number of amides is 4. The Labute approximate surface area is 227 Å². The molecule has 0 spiro atoms. The van der Waals surface area contributed by atoms with E-state index in [2.05, 4.69) is 5.32 Å². The Balaban J connectivity index is 1.48. The van der Waals surface area contributed by atoms with Gasteiger partial charge < -0.3 is 19.9 Å². The number of hydrazine groups is 1. The van der Waals surface area contributed by atoms with Crippen molar-refractivity contribution in [3.63, 3.8) is 0 Å². The molecule has 9 nitrogen and oxygen atoms in total. The molecule has 0 saturated carbocycles. The second kappa shape index (κ2) is 12.5. The third kappa shape index (κ3) is 6.72. The van der Waals surface area contributed by atoms with E-state index in [9.17, 15) is 23.2 Å². The van der Waals surface area contributed by atoms with E-state index in [1.807, 2.05) is 13.8 Å². The highest BCUT2D eigenvalue weighted by Crippen LogP contribution is 2.29. The maximum Gasteiger partial charge on any atom is 0.334 e. The Hall–Kier alpha value is -3.57. The summed E-state index contributed by atoms with van der Waals surface area (Å²) in [6, 6.07) is 11.0. The number of likely N-dealkylation sites (N-methyl/N-ethyl adjacent to an activating group) is 1. The Morgan fingerprint density at radius 1 is 1.10 bits per heavy atom. The number of halogens is 2. The van der Waals surface area contributed by atoms with Gasteiger partial charge in [0.05, 0.1) is 26.3 Å². The quantitative estimate of drug-likeness (QED) is 0.492. The monoisotopic (exact) mass is 543 g/mol. The van der Waals surface area contributed by atoms with E-state index in [4.69, 9.17) is 4.74 Å². The molecule has 0 unspecified atom stereocenters. The van der Waals surface area contributed by atoms with Crippen LogP contribution in [0.5, 0.6) is 0 Å². The van der Waals surface area contributed by atoms with Gasteiger partial charge >= 0.3 is 6.03 Å². The lowest BCUT2D eigenvalue weighted by Crippen LogP contribution is -2.76. The van der Waals surface area contributed by atoms with Gasteiger partial charge in [-0.3, -0.25) is 9.59 Å². The number of urea groups is 1. The maximum atomic E-state index is 13.9. The Kier molecular flexibility index (Phi) is 9.13. The Morgan fingerprint density at radius 2 is 1.82 bits per heavy atom. The molecule has 2 aromatic rings. The highest BCUT2D eigenvalue weighted by molar-refractivity contribution is 5.91. The molecule has 0 aliphatic carbocycles. The van der Waals surface area contributed by atoms with Gasteiger partial charge in [-0.2, -0.15) is 0 Å². The van der Waals surface area contributed by atoms with Crippen LogP contribution >= 0.6 is 0 Å². The van der Waals surface area contributed by atoms with Crippen molar-refractivity contribution in [2.75, 3.05) is 33.3 Å². The van der Waals surface area contributed by atoms with Gasteiger partial charge in [0.1, 0.15) is 23.8 Å². The molecule has 0 bridgehead atoms. The molecule has 4 rings (SSSR count). The van der Waals surface area contributed by atoms with E-state index < -0.39 is 18.2 Å². The predicted octanol–water partition coefficient (Wildman–Crippen LogP) is 2.97. The Morgan fingerprint density at radius 3 is 2.51 bits per heavy atom. The van der Waals surface area contributed by atoms with E-state index in [0.29, 0.717) is 12.0 Å². The van der Waals surface area contributed by atoms with Crippen LogP contribution in [-0.2, 0) is 27.5 Å². The standard InChI is InChI=1S/C28H35F2N5O4/c1-19(2)14-24-27(37)33(12-13-39-18-21-6-4-5-7-23(21)30)16-25-34(24)26(36)17-32(3)35(25)28(38)31-15-20-8-10-22(29)11-9-20/h4-11,19,24-25H,12-18H2,1-3H3,(H,31,38)/t24-,25-/m0/s1. The van der Waals surface area contributed by atoms with Gasteiger partial charge in [0.2, 0.25) is 11.8 Å². The number of carbonyl (C=O) groups excluding carboxylic acids is 3. The lowest BCUT2D eigenvalue weighted by molar-refractivity contribution is -0.188. The van der Waals surface area contributed by atoms with E-state index in [-0.39, 0.29) is 68.8 Å². The van der Waals surface area contributed by atoms with Crippen LogP contribution in [0, 0.1) is 17.6 Å². The van der Waals surface area contributed by atoms with Crippen molar-refractivity contribution < 1.29 is 27.9 Å². The summed E-state index contributed by atoms with van der Waals surface area (Å²) in [7, 11) is 1.66. The van der Waals surface area contributed by atoms with Crippen molar-refractivity contribution in [3.8, 4) is 0 Å². The van der Waals surface area contributed by atoms with Gasteiger partial charge in [-0.25, -0.2) is 23.6 Å². The van der Waals surface area contributed by atoms with E-state index in [1.54, 1.807) is 47.3 Å². The molecule has 0 radical (unpaired) electrons. The topological polar surface area (TPSA) is 85.4 Å². The second-order valence-electron chi connectivity index (χ2n) is 10.3. The zero-order chi connectivity index (χ0) is 28.1. The van der Waals surface area contributed by atoms with Crippen LogP contribution < -0.4 is 5.32 Å². The summed E-state index contributed by atoms with van der Waals surface area (Å²) in [6.07, 6.45) is -0.264. The average molecular weight is 544 g/mol. The number of hydrogen-bond donors (Lipinski definition) is 1. The SMILES string of the molecule is CC(C)C[C@H]1C(=O)N(CCOCc2ccccc2F)C[C@H]2N1C(=O)CN(C)N2C(=O)NCc1ccc(F)cc1. The first kappa shape index (κ1) is 28.4. The molecule has 2 heterocycles. The molecule has 4 amide bonds. The fourth-order valence-electron chi connectivity index (χ4n) is 5.01. The van der Waals surface area contributed by atoms with Gasteiger partial charge in [-0.15, -0.1) is 0 Å². The summed E-state index contributed by atoms with van der Waals surface area (Å²) in [4.78, 5) is 43.2. The van der Waals surface area contributed by atoms with Gasteiger partial charge in [0, 0.05) is 25.7 Å². The zero-order valence-corrected chi connectivity index (χ0v) is 22.5. The molecule has 2 atom stereocenters. The number of nitrogens with one attached hydrogen (secondary N) is 1. The number of ether oxygens (including phenoxy) is 1. The number of benzene rings is 2. The molecule has 11 heteroatoms. The van der Waals surface area contributed by atoms with Crippen LogP contribution in [0.25, 0.3) is 0 Å². The number of carbonyl (C=O) groups is 3. The largest absolute Gasteiger partial charge is 0.375 e. The zero-order valence-electron chi connectivity index (χ0n) is 22.5. The summed E-state index contributed by atoms with van der Waals surface area (Å²) in [5, 5.41) is 5.87. The first-order valence-electron chi connectivity index (χ1n) is 13.1. The number of hydrogen-bond acceptors (Lipinski definition) is 5. The highest BCUT2D eigenvalue weighted by atomic mass is 19.1. The minimum absolute atomic E-state index is 0.0475. The number of rotatable bonds is 9. The van der Waals surface area contributed by atoms with Crippen LogP contribution in [0.3, 0.4) is 0 Å². The van der Waals surface area contributed by atoms with Crippen LogP contribution in [0.1, 0.15) is 31.4 Å². The molecular weight excluding hydrogens is 508 g/mol. The summed E-state index contributed by atoms with van der Waals surface area (Å²) in [5.74, 6) is -1.01. The lowest BCUT2D eigenvalue weighted by atomic mass is 9.97. The minimum Gasteiger partial charge on any atom is -0.375 e. The fraction of sp³-hybridized carbons (Fsp3) is 0.464. The predicted molar refractivity (Wildman–Crippen MR) is 140 cm³/mol. The lowest BCUT2D eigenvalue weighted by Gasteiger charge is -2.54. The summed E-state index contributed by atoms with van der Waals surface area (Å²) in [6.45, 7) is 4.66. The molecule has 39 heavy (non-hydrogen) atoms. The highest BCUT2D eigenvalue weighted by Gasteiger charge is 2.50. The van der Waals surface area contributed by atoms with Crippen molar-refractivity contribution in [2.24, 2.45) is 5.92 Å². The fourth-order valence-corrected chi connectivity index (χ4v) is 5.01. The van der Waals surface area contributed by atoms with Crippen molar-refractivity contribution in [1.82, 2.24) is 25.1 Å². The number of piperazine rings is 1. The molecule has 2 aliphatic rings. The van der Waals surface area contributed by atoms with Gasteiger partial charge in [0.25, 0.3) is 0 Å². The number of fused-ring (bicyclic) bond motifs is 1. The second-order valence-corrected chi connectivity index (χ2v) is 10.3. The van der Waals surface area contributed by atoms with E-state index in [1.165, 1.54) is 28.1 Å². The van der Waals surface area contributed by atoms with Crippen molar-refractivity contribution in [3.05, 3.63) is 71.3 Å². The van der Waals surface area contributed by atoms with Crippen LogP contribution in [-0.4, -0.2) is 83.2 Å². The van der Waals surface area contributed by atoms with Gasteiger partial charge in [-0.1, -0.05) is 44.2 Å². The molecule has 1 N–H and O–H groups in total. The third-order valence-corrected chi connectivity index (χ3v) is 6.92. The van der Waals surface area contributed by atoms with Crippen molar-refractivity contribution in [2.45, 2.75) is 45.6 Å². The van der Waals surface area contributed by atoms with Crippen LogP contribution in [0.2, 0.25) is 0 Å². The van der Waals surface area contributed by atoms with Crippen LogP contribution in [0.15, 0.2) is 48.5 Å². The molecule has 2 aromatic carbocycles. The van der Waals surface area contributed by atoms with E-state index in [0.717, 1.165) is 5.56 Å². The molecule has 210 valence electrons. The minimum atomic E-state index is -0.719. The average Bonchev–Trinajstić information content (AvgIpc) is 2.89. The maximum absolute atomic E-state index is 13.9. The van der Waals surface area contributed by atoms with Crippen LogP contribution in [0.4, 0.5) is 13.6 Å². The smallest absolute Gasteiger partial charge is 0.334 e. The summed E-state index contributed by atoms with van der Waals surface area (Å²) in [5.41, 5.74) is 1.15. The third-order valence-electron chi connectivity index (χ3n) is 6.92. The first-order valence-corrected chi connectivity index (χ1v) is 13.1. The number of nitrogens with zero attached hydrogens (tertiary/aromatic N) is 4. The van der Waals surface area contributed by atoms with Gasteiger partial charge in [0.15, 0.2) is 0 Å². The van der Waals surface area contributed by atoms with E-state index >= 15 is 0 Å². The molecule has 2 saturated heterocycles. The summed E-state index contributed by atoms with van der Waals surface area (Å²) < 4.78 is 32.9. The Bertz CT molecular complexity index is 1180. The van der Waals surface area contributed by atoms with Crippen molar-refractivity contribution >= 4 is 17.8 Å². The molecule has 2 aliphatic heterocycles. The molecule has 2 fully saturated rings. The summed E-state index contributed by atoms with van der Waals surface area (Å²) >= 11 is 0. The van der Waals surface area contributed by atoms with Crippen molar-refractivity contribution in [1.29, 1.82) is 0 Å². The molecule has 0 aromatic heterocycles. The normalized spacial score (nSPS) is 20.0. The first-order chi connectivity index (χ1) is 18.7.